The summed E-state index contributed by atoms with van der Waals surface area (Å²) < 4.78 is 5.54. The van der Waals surface area contributed by atoms with Crippen molar-refractivity contribution in [2.75, 3.05) is 18.0 Å². The smallest absolute Gasteiger partial charge is 0.267 e. The number of carbonyl (C=O) groups is 2. The molecule has 1 aromatic carbocycles. The fraction of sp³-hybridized carbons (Fsp3) is 0.429. The zero-order valence-electron chi connectivity index (χ0n) is 11.2. The first kappa shape index (κ1) is 13.5. The Morgan fingerprint density at radius 1 is 1.47 bits per heavy atom. The maximum absolute atomic E-state index is 12.0. The largest absolute Gasteiger partial charge is 0.479 e. The fourth-order valence-electron chi connectivity index (χ4n) is 2.18. The molecule has 1 aliphatic rings. The van der Waals surface area contributed by atoms with Gasteiger partial charge in [0, 0.05) is 18.5 Å². The van der Waals surface area contributed by atoms with Crippen LogP contribution in [0.1, 0.15) is 30.6 Å². The molecule has 0 spiro atoms. The lowest BCUT2D eigenvalue weighted by Gasteiger charge is -2.32. The molecule has 1 amide bonds. The van der Waals surface area contributed by atoms with E-state index in [9.17, 15) is 9.59 Å². The Labute approximate surface area is 112 Å². The van der Waals surface area contributed by atoms with Crippen molar-refractivity contribution in [1.29, 1.82) is 0 Å². The van der Waals surface area contributed by atoms with Crippen LogP contribution in [0.5, 0.6) is 5.75 Å². The van der Waals surface area contributed by atoms with E-state index in [0.29, 0.717) is 36.5 Å². The molecule has 2 rings (SSSR count). The number of Topliss-reactive ketones (excluding diaryl/α,β-unsaturated/α-hetero) is 1. The van der Waals surface area contributed by atoms with Gasteiger partial charge in [-0.2, -0.15) is 0 Å². The minimum absolute atomic E-state index is 0.0209. The molecule has 0 fully saturated rings. The molecule has 2 N–H and O–H groups in total. The van der Waals surface area contributed by atoms with Crippen molar-refractivity contribution in [1.82, 2.24) is 0 Å². The van der Waals surface area contributed by atoms with Crippen LogP contribution >= 0.6 is 0 Å². The van der Waals surface area contributed by atoms with E-state index in [1.165, 1.54) is 0 Å². The minimum Gasteiger partial charge on any atom is -0.479 e. The van der Waals surface area contributed by atoms with Gasteiger partial charge in [-0.1, -0.05) is 0 Å². The molecule has 5 heteroatoms. The Morgan fingerprint density at radius 3 is 2.84 bits per heavy atom. The van der Waals surface area contributed by atoms with Crippen LogP contribution < -0.4 is 15.4 Å². The lowest BCUT2D eigenvalue weighted by molar-refractivity contribution is -0.125. The summed E-state index contributed by atoms with van der Waals surface area (Å²) in [5.41, 5.74) is 6.61. The van der Waals surface area contributed by atoms with E-state index >= 15 is 0 Å². The van der Waals surface area contributed by atoms with Crippen molar-refractivity contribution in [3.8, 4) is 5.75 Å². The van der Waals surface area contributed by atoms with Crippen LogP contribution in [-0.2, 0) is 4.79 Å². The first-order chi connectivity index (χ1) is 9.08. The van der Waals surface area contributed by atoms with Crippen molar-refractivity contribution in [2.45, 2.75) is 26.4 Å². The number of hydrogen-bond donors (Lipinski definition) is 1. The summed E-state index contributed by atoms with van der Waals surface area (Å²) in [6, 6.07) is 5.17. The molecule has 0 radical (unpaired) electrons. The molecule has 0 bridgehead atoms. The van der Waals surface area contributed by atoms with Crippen LogP contribution in [0, 0.1) is 0 Å². The highest BCUT2D eigenvalue weighted by Crippen LogP contribution is 2.34. The number of nitrogens with two attached hydrogens (primary N) is 1. The van der Waals surface area contributed by atoms with Gasteiger partial charge in [0.1, 0.15) is 5.75 Å². The molecule has 102 valence electrons. The highest BCUT2D eigenvalue weighted by molar-refractivity contribution is 6.03. The van der Waals surface area contributed by atoms with Crippen molar-refractivity contribution >= 4 is 17.4 Å². The third-order valence-corrected chi connectivity index (χ3v) is 3.18. The van der Waals surface area contributed by atoms with Gasteiger partial charge in [0.05, 0.1) is 5.69 Å². The second-order valence-electron chi connectivity index (χ2n) is 4.49. The van der Waals surface area contributed by atoms with E-state index in [4.69, 9.17) is 10.5 Å². The van der Waals surface area contributed by atoms with E-state index < -0.39 is 6.10 Å². The molecule has 0 aliphatic carbocycles. The fourth-order valence-corrected chi connectivity index (χ4v) is 2.18. The monoisotopic (exact) mass is 262 g/mol. The third kappa shape index (κ3) is 2.46. The van der Waals surface area contributed by atoms with Crippen LogP contribution in [-0.4, -0.2) is 30.9 Å². The number of anilines is 1. The van der Waals surface area contributed by atoms with Gasteiger partial charge in [-0.3, -0.25) is 9.59 Å². The number of benzene rings is 1. The van der Waals surface area contributed by atoms with Gasteiger partial charge in [0.25, 0.3) is 5.91 Å². The van der Waals surface area contributed by atoms with Crippen LogP contribution in [0.2, 0.25) is 0 Å². The zero-order valence-corrected chi connectivity index (χ0v) is 11.2. The number of carbonyl (C=O) groups excluding carboxylic acids is 2. The molecule has 1 aliphatic heterocycles. The van der Waals surface area contributed by atoms with Gasteiger partial charge in [0.15, 0.2) is 11.9 Å². The summed E-state index contributed by atoms with van der Waals surface area (Å²) in [7, 11) is 0. The Morgan fingerprint density at radius 2 is 2.21 bits per heavy atom. The first-order valence-electron chi connectivity index (χ1n) is 6.43. The third-order valence-electron chi connectivity index (χ3n) is 3.18. The number of amides is 1. The molecule has 1 unspecified atom stereocenters. The van der Waals surface area contributed by atoms with E-state index in [-0.39, 0.29) is 11.7 Å². The zero-order chi connectivity index (χ0) is 14.0. The first-order valence-corrected chi connectivity index (χ1v) is 6.43. The average Bonchev–Trinajstić information content (AvgIpc) is 2.40. The number of nitrogens with zero attached hydrogens (tertiary/aromatic N) is 1. The Balaban J connectivity index is 2.40. The summed E-state index contributed by atoms with van der Waals surface area (Å²) in [5, 5.41) is 0. The SMILES string of the molecule is CCN1C(=O)C(C)Oc2ccc(C(=O)CCN)cc21. The van der Waals surface area contributed by atoms with Gasteiger partial charge in [-0.05, 0) is 38.6 Å². The summed E-state index contributed by atoms with van der Waals surface area (Å²) in [6.07, 6.45) is -0.186. The molecular formula is C14H18N2O3. The van der Waals surface area contributed by atoms with Crippen LogP contribution in [0.4, 0.5) is 5.69 Å². The van der Waals surface area contributed by atoms with Crippen LogP contribution in [0.15, 0.2) is 18.2 Å². The van der Waals surface area contributed by atoms with E-state index in [2.05, 4.69) is 0 Å². The Bertz CT molecular complexity index is 513. The van der Waals surface area contributed by atoms with E-state index in [1.807, 2.05) is 6.92 Å². The standard InChI is InChI=1S/C14H18N2O3/c1-3-16-11-8-10(12(17)6-7-15)4-5-13(11)19-9(2)14(16)18/h4-5,8-9H,3,6-7,15H2,1-2H3. The topological polar surface area (TPSA) is 72.6 Å². The predicted octanol–water partition coefficient (Wildman–Crippen LogP) is 1.35. The second-order valence-corrected chi connectivity index (χ2v) is 4.49. The molecular weight excluding hydrogens is 244 g/mol. The summed E-state index contributed by atoms with van der Waals surface area (Å²) in [4.78, 5) is 25.5. The number of fused-ring (bicyclic) bond motifs is 1. The highest BCUT2D eigenvalue weighted by Gasteiger charge is 2.30. The summed E-state index contributed by atoms with van der Waals surface area (Å²) >= 11 is 0. The quantitative estimate of drug-likeness (QED) is 0.831. The molecule has 19 heavy (non-hydrogen) atoms. The minimum atomic E-state index is -0.488. The highest BCUT2D eigenvalue weighted by atomic mass is 16.5. The van der Waals surface area contributed by atoms with Gasteiger partial charge in [0.2, 0.25) is 0 Å². The van der Waals surface area contributed by atoms with Crippen molar-refractivity contribution in [2.24, 2.45) is 5.73 Å². The molecule has 1 aromatic rings. The average molecular weight is 262 g/mol. The second kappa shape index (κ2) is 5.40. The molecule has 5 nitrogen and oxygen atoms in total. The van der Waals surface area contributed by atoms with Crippen molar-refractivity contribution < 1.29 is 14.3 Å². The van der Waals surface area contributed by atoms with Crippen LogP contribution in [0.25, 0.3) is 0 Å². The van der Waals surface area contributed by atoms with Crippen LogP contribution in [0.3, 0.4) is 0 Å². The molecule has 0 saturated heterocycles. The molecule has 1 heterocycles. The lowest BCUT2D eigenvalue weighted by atomic mass is 10.1. The summed E-state index contributed by atoms with van der Waals surface area (Å²) in [6.45, 7) is 4.49. The van der Waals surface area contributed by atoms with Crippen molar-refractivity contribution in [3.05, 3.63) is 23.8 Å². The normalized spacial score (nSPS) is 17.9. The lowest BCUT2D eigenvalue weighted by Crippen LogP contribution is -2.44. The van der Waals surface area contributed by atoms with Gasteiger partial charge in [-0.25, -0.2) is 0 Å². The predicted molar refractivity (Wildman–Crippen MR) is 72.6 cm³/mol. The number of rotatable bonds is 4. The number of ether oxygens (including phenoxy) is 1. The number of likely N-dealkylation sites (N-methyl/N-ethyl adjacent to an activating group) is 1. The van der Waals surface area contributed by atoms with Gasteiger partial charge in [-0.15, -0.1) is 0 Å². The van der Waals surface area contributed by atoms with E-state index in [1.54, 1.807) is 30.0 Å². The number of hydrogen-bond acceptors (Lipinski definition) is 4. The molecule has 0 aromatic heterocycles. The van der Waals surface area contributed by atoms with Gasteiger partial charge >= 0.3 is 0 Å². The molecule has 0 saturated carbocycles. The van der Waals surface area contributed by atoms with E-state index in [0.717, 1.165) is 0 Å². The summed E-state index contributed by atoms with van der Waals surface area (Å²) in [5.74, 6) is 0.532. The maximum atomic E-state index is 12.0. The molecule has 1 atom stereocenters. The Kier molecular flexibility index (Phi) is 3.85. The van der Waals surface area contributed by atoms with Gasteiger partial charge < -0.3 is 15.4 Å². The van der Waals surface area contributed by atoms with Crippen molar-refractivity contribution in [3.63, 3.8) is 0 Å². The Hall–Kier alpha value is -1.88. The maximum Gasteiger partial charge on any atom is 0.267 e. The number of ketones is 1.